The molecule has 0 radical (unpaired) electrons. The van der Waals surface area contributed by atoms with Crippen LogP contribution < -0.4 is 10.6 Å². The van der Waals surface area contributed by atoms with Crippen LogP contribution in [0.25, 0.3) is 0 Å². The fourth-order valence-electron chi connectivity index (χ4n) is 1.52. The Morgan fingerprint density at radius 2 is 2.10 bits per heavy atom. The fraction of sp³-hybridized carbons (Fsp3) is 0.500. The van der Waals surface area contributed by atoms with E-state index < -0.39 is 10.8 Å². The standard InChI is InChI=1S/C14H21ClN2O2S2/c1-14(2,20-3)9-16-13(18)17-11-5-6-12(15)10(7-11)8-21(4)19/h5-7H,8-9H2,1-4H3,(H2,16,17,18). The van der Waals surface area contributed by atoms with Crippen LogP contribution in [0.5, 0.6) is 0 Å². The highest BCUT2D eigenvalue weighted by molar-refractivity contribution is 7.99. The first-order chi connectivity index (χ1) is 9.73. The molecule has 0 bridgehead atoms. The molecule has 0 aliphatic rings. The number of rotatable bonds is 6. The van der Waals surface area contributed by atoms with Crippen LogP contribution in [0.2, 0.25) is 5.02 Å². The van der Waals surface area contributed by atoms with Crippen LogP contribution in [0.1, 0.15) is 19.4 Å². The smallest absolute Gasteiger partial charge is 0.319 e. The zero-order chi connectivity index (χ0) is 16.0. The lowest BCUT2D eigenvalue weighted by Crippen LogP contribution is -2.38. The Bertz CT molecular complexity index is 536. The number of hydrogen-bond acceptors (Lipinski definition) is 3. The number of nitrogens with one attached hydrogen (secondary N) is 2. The van der Waals surface area contributed by atoms with Crippen molar-refractivity contribution in [3.63, 3.8) is 0 Å². The molecular weight excluding hydrogens is 328 g/mol. The number of thioether (sulfide) groups is 1. The van der Waals surface area contributed by atoms with Crippen LogP contribution in [0.3, 0.4) is 0 Å². The summed E-state index contributed by atoms with van der Waals surface area (Å²) >= 11 is 7.74. The maximum absolute atomic E-state index is 11.9. The first-order valence-electron chi connectivity index (χ1n) is 6.42. The second kappa shape index (κ2) is 8.06. The van der Waals surface area contributed by atoms with Gasteiger partial charge in [0.25, 0.3) is 0 Å². The molecule has 1 rings (SSSR count). The van der Waals surface area contributed by atoms with Gasteiger partial charge in [0.05, 0.1) is 0 Å². The minimum atomic E-state index is -0.980. The second-order valence-corrected chi connectivity index (χ2v) is 8.65. The summed E-state index contributed by atoms with van der Waals surface area (Å²) < 4.78 is 11.3. The molecule has 0 heterocycles. The fourth-order valence-corrected chi connectivity index (χ4v) is 2.68. The van der Waals surface area contributed by atoms with E-state index in [1.54, 1.807) is 36.2 Å². The largest absolute Gasteiger partial charge is 0.336 e. The second-order valence-electron chi connectivity index (χ2n) is 5.30. The number of carbonyl (C=O) groups is 1. The molecular formula is C14H21ClN2O2S2. The third-order valence-electron chi connectivity index (χ3n) is 2.89. The zero-order valence-corrected chi connectivity index (χ0v) is 15.0. The molecule has 1 aromatic carbocycles. The van der Waals surface area contributed by atoms with E-state index in [4.69, 9.17) is 11.6 Å². The molecule has 0 spiro atoms. The highest BCUT2D eigenvalue weighted by Gasteiger charge is 2.17. The van der Waals surface area contributed by atoms with Gasteiger partial charge < -0.3 is 10.6 Å². The van der Waals surface area contributed by atoms with Crippen LogP contribution in [-0.2, 0) is 16.6 Å². The summed E-state index contributed by atoms with van der Waals surface area (Å²) in [5, 5.41) is 6.15. The van der Waals surface area contributed by atoms with Gasteiger partial charge in [-0.15, -0.1) is 0 Å². The highest BCUT2D eigenvalue weighted by atomic mass is 35.5. The SMILES string of the molecule is CSC(C)(C)CNC(=O)Nc1ccc(Cl)c(CS(C)=O)c1. The Balaban J connectivity index is 2.66. The van der Waals surface area contributed by atoms with Crippen molar-refractivity contribution in [3.05, 3.63) is 28.8 Å². The molecule has 21 heavy (non-hydrogen) atoms. The van der Waals surface area contributed by atoms with Crippen molar-refractivity contribution >= 4 is 45.9 Å². The van der Waals surface area contributed by atoms with Crippen LogP contribution >= 0.6 is 23.4 Å². The highest BCUT2D eigenvalue weighted by Crippen LogP contribution is 2.22. The Morgan fingerprint density at radius 3 is 2.67 bits per heavy atom. The zero-order valence-electron chi connectivity index (χ0n) is 12.7. The third-order valence-corrected chi connectivity index (χ3v) is 5.23. The molecule has 0 aromatic heterocycles. The summed E-state index contributed by atoms with van der Waals surface area (Å²) in [4.78, 5) is 11.9. The molecule has 2 N–H and O–H groups in total. The monoisotopic (exact) mass is 348 g/mol. The maximum atomic E-state index is 11.9. The molecule has 1 atom stereocenters. The van der Waals surface area contributed by atoms with Crippen molar-refractivity contribution in [3.8, 4) is 0 Å². The minimum absolute atomic E-state index is 0.0123. The van der Waals surface area contributed by atoms with E-state index in [0.717, 1.165) is 5.56 Å². The van der Waals surface area contributed by atoms with E-state index in [1.165, 1.54) is 0 Å². The van der Waals surface area contributed by atoms with Crippen molar-refractivity contribution in [1.82, 2.24) is 5.32 Å². The molecule has 118 valence electrons. The van der Waals surface area contributed by atoms with E-state index >= 15 is 0 Å². The first-order valence-corrected chi connectivity index (χ1v) is 9.75. The minimum Gasteiger partial charge on any atom is -0.336 e. The van der Waals surface area contributed by atoms with Crippen LogP contribution in [0, 0.1) is 0 Å². The summed E-state index contributed by atoms with van der Waals surface area (Å²) in [5.41, 5.74) is 1.40. The van der Waals surface area contributed by atoms with E-state index in [1.807, 2.05) is 6.26 Å². The summed E-state index contributed by atoms with van der Waals surface area (Å²) in [6, 6.07) is 4.92. The van der Waals surface area contributed by atoms with Gasteiger partial charge in [-0.3, -0.25) is 4.21 Å². The number of hydrogen-bond donors (Lipinski definition) is 2. The number of anilines is 1. The van der Waals surface area contributed by atoms with Crippen molar-refractivity contribution in [2.24, 2.45) is 0 Å². The topological polar surface area (TPSA) is 58.2 Å². The molecule has 0 aliphatic carbocycles. The van der Waals surface area contributed by atoms with Gasteiger partial charge in [-0.25, -0.2) is 4.79 Å². The van der Waals surface area contributed by atoms with Crippen molar-refractivity contribution < 1.29 is 9.00 Å². The predicted molar refractivity (Wildman–Crippen MR) is 93.8 cm³/mol. The lowest BCUT2D eigenvalue weighted by molar-refractivity contribution is 0.251. The maximum Gasteiger partial charge on any atom is 0.319 e. The van der Waals surface area contributed by atoms with Crippen LogP contribution in [-0.4, -0.2) is 34.0 Å². The Morgan fingerprint density at radius 1 is 1.43 bits per heavy atom. The lowest BCUT2D eigenvalue weighted by Gasteiger charge is -2.22. The molecule has 0 saturated heterocycles. The number of benzene rings is 1. The summed E-state index contributed by atoms with van der Waals surface area (Å²) in [7, 11) is -0.980. The number of carbonyl (C=O) groups excluding carboxylic acids is 1. The van der Waals surface area contributed by atoms with Gasteiger partial charge in [-0.1, -0.05) is 11.6 Å². The van der Waals surface area contributed by atoms with Crippen molar-refractivity contribution in [1.29, 1.82) is 0 Å². The van der Waals surface area contributed by atoms with Crippen LogP contribution in [0.4, 0.5) is 10.5 Å². The average molecular weight is 349 g/mol. The first kappa shape index (κ1) is 18.3. The van der Waals surface area contributed by atoms with Gasteiger partial charge in [-0.2, -0.15) is 11.8 Å². The molecule has 0 saturated carbocycles. The normalized spacial score (nSPS) is 12.8. The summed E-state index contributed by atoms with van der Waals surface area (Å²) in [6.45, 7) is 4.70. The Labute approximate surface area is 137 Å². The Kier molecular flexibility index (Phi) is 7.03. The van der Waals surface area contributed by atoms with E-state index in [0.29, 0.717) is 23.0 Å². The molecule has 1 unspecified atom stereocenters. The Hall–Kier alpha value is -0.720. The predicted octanol–water partition coefficient (Wildman–Crippen LogP) is 3.48. The summed E-state index contributed by atoms with van der Waals surface area (Å²) in [5.74, 6) is 0.371. The van der Waals surface area contributed by atoms with Crippen molar-refractivity contribution in [2.45, 2.75) is 24.3 Å². The van der Waals surface area contributed by atoms with Crippen LogP contribution in [0.15, 0.2) is 18.2 Å². The van der Waals surface area contributed by atoms with Gasteiger partial charge in [0.1, 0.15) is 0 Å². The van der Waals surface area contributed by atoms with Gasteiger partial charge in [0.15, 0.2) is 0 Å². The average Bonchev–Trinajstić information content (AvgIpc) is 2.40. The van der Waals surface area contributed by atoms with Crippen molar-refractivity contribution in [2.75, 3.05) is 24.4 Å². The molecule has 4 nitrogen and oxygen atoms in total. The van der Waals surface area contributed by atoms with Gasteiger partial charge in [0, 0.05) is 44.8 Å². The lowest BCUT2D eigenvalue weighted by atomic mass is 10.2. The van der Waals surface area contributed by atoms with E-state index in [9.17, 15) is 9.00 Å². The third kappa shape index (κ3) is 6.72. The molecule has 2 amide bonds. The van der Waals surface area contributed by atoms with Gasteiger partial charge in [-0.05, 0) is 43.9 Å². The van der Waals surface area contributed by atoms with Gasteiger partial charge >= 0.3 is 6.03 Å². The van der Waals surface area contributed by atoms with E-state index in [2.05, 4.69) is 24.5 Å². The summed E-state index contributed by atoms with van der Waals surface area (Å²) in [6.07, 6.45) is 3.63. The number of halogens is 1. The molecule has 0 aliphatic heterocycles. The van der Waals surface area contributed by atoms with E-state index in [-0.39, 0.29) is 10.8 Å². The molecule has 1 aromatic rings. The quantitative estimate of drug-likeness (QED) is 0.827. The number of amides is 2. The number of urea groups is 1. The molecule has 7 heteroatoms. The molecule has 0 fully saturated rings. The van der Waals surface area contributed by atoms with Gasteiger partial charge in [0.2, 0.25) is 0 Å².